The monoisotopic (exact) mass is 638 g/mol. The number of aryl methyl sites for hydroxylation is 1. The fourth-order valence-corrected chi connectivity index (χ4v) is 6.86. The van der Waals surface area contributed by atoms with Crippen LogP contribution in [0.3, 0.4) is 0 Å². The van der Waals surface area contributed by atoms with Crippen LogP contribution in [0.25, 0.3) is 11.6 Å². The van der Waals surface area contributed by atoms with Gasteiger partial charge in [-0.05, 0) is 59.9 Å². The summed E-state index contributed by atoms with van der Waals surface area (Å²) < 4.78 is 16.2. The van der Waals surface area contributed by atoms with Crippen LogP contribution in [0.5, 0.6) is 17.2 Å². The molecule has 2 heterocycles. The molecule has 1 spiro atoms. The number of hydrogen-bond donors (Lipinski definition) is 2. The number of methoxy groups -OCH3 is 3. The zero-order chi connectivity index (χ0) is 33.8. The Labute approximate surface area is 271 Å². The Morgan fingerprint density at radius 1 is 0.979 bits per heavy atom. The van der Waals surface area contributed by atoms with Crippen LogP contribution in [-0.2, 0) is 22.4 Å². The maximum absolute atomic E-state index is 14.6. The third kappa shape index (κ3) is 4.70. The molecule has 4 amide bonds. The van der Waals surface area contributed by atoms with Crippen molar-refractivity contribution in [2.75, 3.05) is 42.0 Å². The van der Waals surface area contributed by atoms with Gasteiger partial charge in [0.25, 0.3) is 5.91 Å². The summed E-state index contributed by atoms with van der Waals surface area (Å²) in [4.78, 5) is 73.9. The van der Waals surface area contributed by atoms with Gasteiger partial charge in [-0.15, -0.1) is 0 Å². The number of aromatic nitrogens is 1. The highest BCUT2D eigenvalue weighted by molar-refractivity contribution is 6.43. The van der Waals surface area contributed by atoms with Crippen molar-refractivity contribution in [2.45, 2.75) is 25.3 Å². The third-order valence-electron chi connectivity index (χ3n) is 9.21. The number of urea groups is 1. The third-order valence-corrected chi connectivity index (χ3v) is 9.21. The Balaban J connectivity index is 1.33. The van der Waals surface area contributed by atoms with Gasteiger partial charge < -0.3 is 29.4 Å². The van der Waals surface area contributed by atoms with Gasteiger partial charge in [-0.2, -0.15) is 0 Å². The van der Waals surface area contributed by atoms with Crippen LogP contribution >= 0.6 is 0 Å². The lowest BCUT2D eigenvalue weighted by molar-refractivity contribution is -0.130. The van der Waals surface area contributed by atoms with Gasteiger partial charge in [0.2, 0.25) is 11.7 Å². The molecule has 47 heavy (non-hydrogen) atoms. The summed E-state index contributed by atoms with van der Waals surface area (Å²) in [7, 11) is 7.41. The number of benzene rings is 2. The molecule has 242 valence electrons. The maximum atomic E-state index is 14.6. The second-order valence-electron chi connectivity index (χ2n) is 11.7. The molecule has 1 saturated heterocycles. The van der Waals surface area contributed by atoms with E-state index in [1.54, 1.807) is 42.6 Å². The van der Waals surface area contributed by atoms with Crippen molar-refractivity contribution < 1.29 is 38.2 Å². The Bertz CT molecular complexity index is 1930. The van der Waals surface area contributed by atoms with E-state index < -0.39 is 29.0 Å². The second kappa shape index (κ2) is 11.6. The van der Waals surface area contributed by atoms with Crippen LogP contribution in [-0.4, -0.2) is 91.7 Å². The number of imide groups is 1. The zero-order valence-electron chi connectivity index (χ0n) is 26.9. The number of allylic oxidation sites excluding steroid dienone is 1. The molecule has 0 saturated carbocycles. The number of rotatable bonds is 8. The number of H-pyrrole nitrogens is 1. The first-order valence-electron chi connectivity index (χ1n) is 14.9. The number of fused-ring (bicyclic) bond motifs is 4. The molecule has 0 radical (unpaired) electrons. The number of hydrogen-bond acceptors (Lipinski definition) is 8. The van der Waals surface area contributed by atoms with Gasteiger partial charge in [-0.1, -0.05) is 6.07 Å². The van der Waals surface area contributed by atoms with Crippen molar-refractivity contribution in [3.63, 3.8) is 0 Å². The molecule has 0 bridgehead atoms. The number of Topliss-reactive ketones (excluding diaryl/α,β-unsaturated/α-hetero) is 2. The molecule has 3 aliphatic rings. The van der Waals surface area contributed by atoms with E-state index in [9.17, 15) is 24.0 Å². The topological polar surface area (TPSA) is 147 Å². The van der Waals surface area contributed by atoms with Crippen LogP contribution in [0, 0.1) is 6.92 Å². The largest absolute Gasteiger partial charge is 0.497 e. The van der Waals surface area contributed by atoms with Crippen LogP contribution < -0.4 is 19.5 Å². The van der Waals surface area contributed by atoms with E-state index in [-0.39, 0.29) is 47.7 Å². The highest BCUT2D eigenvalue weighted by atomic mass is 16.5. The average molecular weight is 639 g/mol. The van der Waals surface area contributed by atoms with Crippen molar-refractivity contribution in [1.29, 1.82) is 0 Å². The number of nitrogens with one attached hydrogen (secondary N) is 2. The predicted molar refractivity (Wildman–Crippen MR) is 172 cm³/mol. The SMILES string of the molecule is COc1cc(/C=C/C(=O)NCCc2c[nH]c3c2C(=O)C2=C(C3=O)c3c(C)ccc(OC)c3CC23C(=O)N(C)C(=O)N3C)cc(OC)c1. The average Bonchev–Trinajstić information content (AvgIpc) is 3.57. The van der Waals surface area contributed by atoms with Gasteiger partial charge in [0.1, 0.15) is 17.2 Å². The lowest BCUT2D eigenvalue weighted by Crippen LogP contribution is -2.56. The molecule has 3 aromatic rings. The molecule has 2 aliphatic carbocycles. The van der Waals surface area contributed by atoms with Crippen molar-refractivity contribution in [2.24, 2.45) is 0 Å². The second-order valence-corrected chi connectivity index (χ2v) is 11.7. The maximum Gasteiger partial charge on any atom is 0.327 e. The Morgan fingerprint density at radius 2 is 1.68 bits per heavy atom. The summed E-state index contributed by atoms with van der Waals surface area (Å²) in [5, 5.41) is 2.81. The van der Waals surface area contributed by atoms with Crippen LogP contribution in [0.1, 0.15) is 48.7 Å². The van der Waals surface area contributed by atoms with Crippen LogP contribution in [0.15, 0.2) is 48.2 Å². The van der Waals surface area contributed by atoms with Crippen molar-refractivity contribution >= 4 is 41.1 Å². The lowest BCUT2D eigenvalue weighted by atomic mass is 9.65. The molecule has 1 aromatic heterocycles. The summed E-state index contributed by atoms with van der Waals surface area (Å²) in [6, 6.07) is 8.21. The van der Waals surface area contributed by atoms with Crippen LogP contribution in [0.2, 0.25) is 0 Å². The van der Waals surface area contributed by atoms with E-state index in [4.69, 9.17) is 14.2 Å². The first-order valence-corrected chi connectivity index (χ1v) is 14.9. The van der Waals surface area contributed by atoms with E-state index in [0.29, 0.717) is 39.5 Å². The molecule has 1 fully saturated rings. The molecular formula is C35H34N4O8. The molecule has 12 nitrogen and oxygen atoms in total. The first kappa shape index (κ1) is 31.3. The summed E-state index contributed by atoms with van der Waals surface area (Å²) in [5.41, 5.74) is 1.60. The van der Waals surface area contributed by atoms with Gasteiger partial charge in [-0.25, -0.2) is 4.79 Å². The summed E-state index contributed by atoms with van der Waals surface area (Å²) in [6.45, 7) is 1.99. The number of carbonyl (C=O) groups excluding carboxylic acids is 5. The fraction of sp³-hybridized carbons (Fsp3) is 0.286. The molecular weight excluding hydrogens is 604 g/mol. The fourth-order valence-electron chi connectivity index (χ4n) is 6.86. The minimum absolute atomic E-state index is 0.0226. The van der Waals surface area contributed by atoms with Gasteiger partial charge >= 0.3 is 6.03 Å². The number of carbonyl (C=O) groups is 5. The van der Waals surface area contributed by atoms with Crippen LogP contribution in [0.4, 0.5) is 4.79 Å². The zero-order valence-corrected chi connectivity index (χ0v) is 26.9. The van der Waals surface area contributed by atoms with E-state index in [1.165, 1.54) is 46.4 Å². The van der Waals surface area contributed by atoms with E-state index in [1.807, 2.05) is 6.92 Å². The standard InChI is InChI=1S/C35H34N4O8/c1-18-7-9-24(47-6)23-16-35(33(43)38(2)34(44)39(35)3)29-28(26(18)23)32(42)30-27(31(29)41)20(17-37-30)11-12-36-25(40)10-8-19-13-21(45-4)15-22(14-19)46-5/h7-10,13-15,17,37H,11-12,16H2,1-6H3,(H,36,40)/b10-8+. The minimum atomic E-state index is -1.74. The van der Waals surface area contributed by atoms with Crippen molar-refractivity contribution in [3.8, 4) is 17.2 Å². The number of nitrogens with zero attached hydrogens (tertiary/aromatic N) is 2. The molecule has 2 N–H and O–H groups in total. The number of ether oxygens (including phenoxy) is 3. The van der Waals surface area contributed by atoms with Gasteiger partial charge in [0.15, 0.2) is 11.3 Å². The molecule has 1 unspecified atom stereocenters. The molecule has 12 heteroatoms. The molecule has 2 aromatic carbocycles. The number of likely N-dealkylation sites (N-methyl/N-ethyl adjacent to an activating group) is 2. The molecule has 6 rings (SSSR count). The summed E-state index contributed by atoms with van der Waals surface area (Å²) in [5.74, 6) is -0.317. The predicted octanol–water partition coefficient (Wildman–Crippen LogP) is 3.37. The first-order chi connectivity index (χ1) is 22.5. The highest BCUT2D eigenvalue weighted by Crippen LogP contribution is 2.51. The Hall–Kier alpha value is -5.65. The van der Waals surface area contributed by atoms with Crippen molar-refractivity contribution in [1.82, 2.24) is 20.1 Å². The number of amides is 4. The van der Waals surface area contributed by atoms with E-state index in [2.05, 4.69) is 10.3 Å². The normalized spacial score (nSPS) is 18.6. The summed E-state index contributed by atoms with van der Waals surface area (Å²) in [6.07, 6.45) is 4.76. The number of ketones is 2. The van der Waals surface area contributed by atoms with Gasteiger partial charge in [0, 0.05) is 62.1 Å². The van der Waals surface area contributed by atoms with Crippen molar-refractivity contribution in [3.05, 3.63) is 87.3 Å². The van der Waals surface area contributed by atoms with Gasteiger partial charge in [-0.3, -0.25) is 24.1 Å². The Morgan fingerprint density at radius 3 is 2.30 bits per heavy atom. The number of aromatic amines is 1. The van der Waals surface area contributed by atoms with Gasteiger partial charge in [0.05, 0.1) is 32.6 Å². The van der Waals surface area contributed by atoms with E-state index >= 15 is 0 Å². The summed E-state index contributed by atoms with van der Waals surface area (Å²) >= 11 is 0. The molecule has 1 aliphatic heterocycles. The molecule has 1 atom stereocenters. The lowest BCUT2D eigenvalue weighted by Gasteiger charge is -2.42. The highest BCUT2D eigenvalue weighted by Gasteiger charge is 2.63. The smallest absolute Gasteiger partial charge is 0.327 e. The van der Waals surface area contributed by atoms with E-state index in [0.717, 1.165) is 10.5 Å². The Kier molecular flexibility index (Phi) is 7.74. The quantitative estimate of drug-likeness (QED) is 0.282. The minimum Gasteiger partial charge on any atom is -0.497 e.